The van der Waals surface area contributed by atoms with Crippen molar-refractivity contribution < 1.29 is 0 Å². The normalized spacial score (nSPS) is 39.6. The van der Waals surface area contributed by atoms with Crippen molar-refractivity contribution in [3.05, 3.63) is 0 Å². The van der Waals surface area contributed by atoms with Gasteiger partial charge in [0.2, 0.25) is 0 Å². The first-order valence-corrected chi connectivity index (χ1v) is 6.60. The first-order chi connectivity index (χ1) is 6.77. The number of thioether (sulfide) groups is 1. The minimum Gasteiger partial charge on any atom is -0.285 e. The maximum Gasteiger partial charge on any atom is 0.119 e. The van der Waals surface area contributed by atoms with Crippen molar-refractivity contribution >= 4 is 11.8 Å². The number of nitrogens with zero attached hydrogens (tertiary/aromatic N) is 2. The van der Waals surface area contributed by atoms with Crippen LogP contribution in [0.15, 0.2) is 0 Å². The van der Waals surface area contributed by atoms with E-state index in [1.54, 1.807) is 0 Å². The highest BCUT2D eigenvalue weighted by atomic mass is 32.2. The van der Waals surface area contributed by atoms with Crippen LogP contribution in [0.5, 0.6) is 0 Å². The summed E-state index contributed by atoms with van der Waals surface area (Å²) in [7, 11) is 0. The molecule has 0 spiro atoms. The maximum atomic E-state index is 9.38. The highest BCUT2D eigenvalue weighted by Crippen LogP contribution is 2.39. The fourth-order valence-corrected chi connectivity index (χ4v) is 3.88. The van der Waals surface area contributed by atoms with Gasteiger partial charge in [-0.2, -0.15) is 17.0 Å². The minimum absolute atomic E-state index is 0.121. The number of hydrogen-bond donors (Lipinski definition) is 0. The molecule has 0 aliphatic carbocycles. The molecular weight excluding hydrogens is 192 g/mol. The third-order valence-electron chi connectivity index (χ3n) is 3.40. The van der Waals surface area contributed by atoms with Gasteiger partial charge in [-0.15, -0.1) is 0 Å². The minimum atomic E-state index is -0.121. The zero-order valence-corrected chi connectivity index (χ0v) is 9.65. The Kier molecular flexibility index (Phi) is 3.04. The molecule has 14 heavy (non-hydrogen) atoms. The van der Waals surface area contributed by atoms with Crippen LogP contribution in [0.3, 0.4) is 0 Å². The molecule has 2 fully saturated rings. The molecule has 3 heteroatoms. The standard InChI is InChI=1S/C11H18N2S/c1-10-7-11(8-12,9-14-10)13-5-3-2-4-6-13/h10H,2-7,9H2,1H3. The molecule has 0 saturated carbocycles. The van der Waals surface area contributed by atoms with Gasteiger partial charge in [0.25, 0.3) is 0 Å². The molecular formula is C11H18N2S. The van der Waals surface area contributed by atoms with E-state index < -0.39 is 0 Å². The number of hydrogen-bond acceptors (Lipinski definition) is 3. The maximum absolute atomic E-state index is 9.38. The molecule has 2 aliphatic rings. The van der Waals surface area contributed by atoms with E-state index in [0.29, 0.717) is 5.25 Å². The van der Waals surface area contributed by atoms with Crippen molar-refractivity contribution in [1.29, 1.82) is 5.26 Å². The van der Waals surface area contributed by atoms with Crippen LogP contribution < -0.4 is 0 Å². The highest BCUT2D eigenvalue weighted by molar-refractivity contribution is 8.00. The summed E-state index contributed by atoms with van der Waals surface area (Å²) in [5, 5.41) is 10.0. The number of nitriles is 1. The van der Waals surface area contributed by atoms with Crippen molar-refractivity contribution in [1.82, 2.24) is 4.90 Å². The Morgan fingerprint density at radius 2 is 2.07 bits per heavy atom. The summed E-state index contributed by atoms with van der Waals surface area (Å²) in [5.41, 5.74) is -0.121. The average Bonchev–Trinajstić information content (AvgIpc) is 2.63. The van der Waals surface area contributed by atoms with E-state index in [1.165, 1.54) is 19.3 Å². The van der Waals surface area contributed by atoms with Crippen LogP contribution in [-0.4, -0.2) is 34.5 Å². The third-order valence-corrected chi connectivity index (χ3v) is 4.78. The second-order valence-corrected chi connectivity index (χ2v) is 5.94. The van der Waals surface area contributed by atoms with Gasteiger partial charge in [0.1, 0.15) is 5.54 Å². The second-order valence-electron chi connectivity index (χ2n) is 4.52. The first-order valence-electron chi connectivity index (χ1n) is 5.55. The Bertz CT molecular complexity index is 242. The average molecular weight is 210 g/mol. The van der Waals surface area contributed by atoms with Crippen molar-refractivity contribution in [3.63, 3.8) is 0 Å². The SMILES string of the molecule is CC1CC(C#N)(N2CCCCC2)CS1. The van der Waals surface area contributed by atoms with Gasteiger partial charge in [0.05, 0.1) is 6.07 Å². The predicted molar refractivity (Wildman–Crippen MR) is 60.3 cm³/mol. The van der Waals surface area contributed by atoms with E-state index in [9.17, 15) is 5.26 Å². The molecule has 2 atom stereocenters. The van der Waals surface area contributed by atoms with Gasteiger partial charge < -0.3 is 0 Å². The van der Waals surface area contributed by atoms with E-state index in [1.807, 2.05) is 11.8 Å². The first kappa shape index (κ1) is 10.3. The van der Waals surface area contributed by atoms with Crippen LogP contribution in [-0.2, 0) is 0 Å². The zero-order chi connectivity index (χ0) is 10.0. The lowest BCUT2D eigenvalue weighted by Crippen LogP contribution is -2.50. The van der Waals surface area contributed by atoms with Gasteiger partial charge in [0, 0.05) is 11.0 Å². The van der Waals surface area contributed by atoms with Gasteiger partial charge in [0.15, 0.2) is 0 Å². The van der Waals surface area contributed by atoms with E-state index in [2.05, 4.69) is 17.9 Å². The lowest BCUT2D eigenvalue weighted by molar-refractivity contribution is 0.126. The van der Waals surface area contributed by atoms with Gasteiger partial charge in [-0.25, -0.2) is 0 Å². The summed E-state index contributed by atoms with van der Waals surface area (Å²) in [6.07, 6.45) is 4.97. The van der Waals surface area contributed by atoms with Crippen LogP contribution in [0.1, 0.15) is 32.6 Å². The Labute approximate surface area is 90.7 Å². The van der Waals surface area contributed by atoms with Crippen LogP contribution in [0, 0.1) is 11.3 Å². The van der Waals surface area contributed by atoms with E-state index in [4.69, 9.17) is 0 Å². The van der Waals surface area contributed by atoms with Gasteiger partial charge in [-0.3, -0.25) is 4.90 Å². The van der Waals surface area contributed by atoms with E-state index >= 15 is 0 Å². The zero-order valence-electron chi connectivity index (χ0n) is 8.83. The van der Waals surface area contributed by atoms with Gasteiger partial charge in [-0.1, -0.05) is 13.3 Å². The molecule has 2 heterocycles. The van der Waals surface area contributed by atoms with Crippen molar-refractivity contribution in [2.75, 3.05) is 18.8 Å². The molecule has 2 nitrogen and oxygen atoms in total. The van der Waals surface area contributed by atoms with Gasteiger partial charge in [-0.05, 0) is 32.4 Å². The number of piperidine rings is 1. The molecule has 78 valence electrons. The monoisotopic (exact) mass is 210 g/mol. The van der Waals surface area contributed by atoms with Crippen LogP contribution >= 0.6 is 11.8 Å². The predicted octanol–water partition coefficient (Wildman–Crippen LogP) is 2.26. The summed E-state index contributed by atoms with van der Waals surface area (Å²) in [6, 6.07) is 2.58. The summed E-state index contributed by atoms with van der Waals surface area (Å²) in [6.45, 7) is 4.52. The lowest BCUT2D eigenvalue weighted by atomic mass is 9.93. The number of rotatable bonds is 1. The van der Waals surface area contributed by atoms with Crippen LogP contribution in [0.2, 0.25) is 0 Å². The third kappa shape index (κ3) is 1.78. The Morgan fingerprint density at radius 3 is 2.57 bits per heavy atom. The fourth-order valence-electron chi connectivity index (χ4n) is 2.56. The topological polar surface area (TPSA) is 27.0 Å². The molecule has 0 aromatic heterocycles. The Hall–Kier alpha value is -0.200. The van der Waals surface area contributed by atoms with Crippen LogP contribution in [0.4, 0.5) is 0 Å². The summed E-state index contributed by atoms with van der Waals surface area (Å²) in [4.78, 5) is 2.44. The van der Waals surface area contributed by atoms with E-state index in [-0.39, 0.29) is 5.54 Å². The summed E-state index contributed by atoms with van der Waals surface area (Å²) < 4.78 is 0. The largest absolute Gasteiger partial charge is 0.285 e. The quantitative estimate of drug-likeness (QED) is 0.664. The lowest BCUT2D eigenvalue weighted by Gasteiger charge is -2.38. The molecule has 0 aromatic carbocycles. The van der Waals surface area contributed by atoms with Crippen LogP contribution in [0.25, 0.3) is 0 Å². The molecule has 2 aliphatic heterocycles. The molecule has 2 saturated heterocycles. The van der Waals surface area contributed by atoms with E-state index in [0.717, 1.165) is 25.3 Å². The molecule has 0 bridgehead atoms. The van der Waals surface area contributed by atoms with Crippen molar-refractivity contribution in [2.24, 2.45) is 0 Å². The Balaban J connectivity index is 2.08. The molecule has 2 rings (SSSR count). The smallest absolute Gasteiger partial charge is 0.119 e. The molecule has 0 aromatic rings. The van der Waals surface area contributed by atoms with Gasteiger partial charge >= 0.3 is 0 Å². The van der Waals surface area contributed by atoms with Crippen molar-refractivity contribution in [2.45, 2.75) is 43.4 Å². The molecule has 0 amide bonds. The second kappa shape index (κ2) is 4.12. The summed E-state index contributed by atoms with van der Waals surface area (Å²) in [5.74, 6) is 1.02. The molecule has 2 unspecified atom stereocenters. The molecule has 0 radical (unpaired) electrons. The van der Waals surface area contributed by atoms with Crippen molar-refractivity contribution in [3.8, 4) is 6.07 Å². The highest BCUT2D eigenvalue weighted by Gasteiger charge is 2.43. The molecule has 0 N–H and O–H groups in total. The Morgan fingerprint density at radius 1 is 1.36 bits per heavy atom. The fraction of sp³-hybridized carbons (Fsp3) is 0.909. The number of likely N-dealkylation sites (tertiary alicyclic amines) is 1. The summed E-state index contributed by atoms with van der Waals surface area (Å²) >= 11 is 1.96.